The van der Waals surface area contributed by atoms with Crippen molar-refractivity contribution >= 4 is 94.2 Å². The van der Waals surface area contributed by atoms with Crippen molar-refractivity contribution in [1.29, 1.82) is 0 Å². The van der Waals surface area contributed by atoms with E-state index < -0.39 is 0 Å². The first kappa shape index (κ1) is 41.8. The van der Waals surface area contributed by atoms with Crippen LogP contribution in [-0.2, 0) is 0 Å². The van der Waals surface area contributed by atoms with Gasteiger partial charge in [-0.3, -0.25) is 0 Å². The number of nitrogens with zero attached hydrogens (tertiary/aromatic N) is 4. The second kappa shape index (κ2) is 14.8. The number of hydrogen-bond acceptors (Lipinski definition) is 0. The summed E-state index contributed by atoms with van der Waals surface area (Å²) in [5.74, 6) is 0. The van der Waals surface area contributed by atoms with Crippen LogP contribution in [0.5, 0.6) is 0 Å². The number of fused-ring (bicyclic) bond motifs is 19. The molecular formula is C75H43BN4. The quantitative estimate of drug-likeness (QED) is 0.157. The Balaban J connectivity index is 0.931. The van der Waals surface area contributed by atoms with Crippen LogP contribution in [0.2, 0.25) is 0 Å². The second-order valence-electron chi connectivity index (χ2n) is 22.6. The summed E-state index contributed by atoms with van der Waals surface area (Å²) < 4.78 is 10.8. The Kier molecular flexibility index (Phi) is 7.73. The van der Waals surface area contributed by atoms with Gasteiger partial charge in [-0.1, -0.05) is 200 Å². The zero-order chi connectivity index (χ0) is 51.6. The lowest BCUT2D eigenvalue weighted by atomic mass is 9.45. The van der Waals surface area contributed by atoms with Gasteiger partial charge in [-0.05, 0) is 121 Å². The summed E-state index contributed by atoms with van der Waals surface area (Å²) in [5.41, 5.74) is 33.1. The minimum absolute atomic E-state index is 0.116. The molecule has 1 atom stereocenters. The fourth-order valence-corrected chi connectivity index (χ4v) is 15.8. The summed E-state index contributed by atoms with van der Waals surface area (Å²) in [7, 11) is 0. The summed E-state index contributed by atoms with van der Waals surface area (Å²) in [4.78, 5) is 0. The molecule has 0 aliphatic carbocycles. The van der Waals surface area contributed by atoms with Crippen LogP contribution in [0.3, 0.4) is 0 Å². The molecule has 5 heteroatoms. The highest BCUT2D eigenvalue weighted by atomic mass is 15.1. The maximum Gasteiger partial charge on any atom is 0.333 e. The van der Waals surface area contributed by atoms with E-state index in [1.54, 1.807) is 0 Å². The molecule has 1 unspecified atom stereocenters. The molecule has 4 nitrogen and oxygen atoms in total. The molecule has 0 N–H and O–H groups in total. The molecule has 0 bridgehead atoms. The van der Waals surface area contributed by atoms with Gasteiger partial charge in [-0.15, -0.1) is 0 Å². The van der Waals surface area contributed by atoms with E-state index in [2.05, 4.69) is 273 Å². The van der Waals surface area contributed by atoms with E-state index in [4.69, 9.17) is 0 Å². The van der Waals surface area contributed by atoms with Gasteiger partial charge in [0.25, 0.3) is 0 Å². The third-order valence-electron chi connectivity index (χ3n) is 18.9. The molecular weight excluding hydrogens is 968 g/mol. The Morgan fingerprint density at radius 2 is 0.775 bits per heavy atom. The molecule has 0 amide bonds. The van der Waals surface area contributed by atoms with Gasteiger partial charge in [-0.25, -0.2) is 0 Å². The highest BCUT2D eigenvalue weighted by Gasteiger charge is 2.45. The van der Waals surface area contributed by atoms with Gasteiger partial charge in [0, 0.05) is 65.8 Å². The average Bonchev–Trinajstić information content (AvgIpc) is 4.01. The maximum absolute atomic E-state index is 2.81. The fourth-order valence-electron chi connectivity index (χ4n) is 15.8. The third-order valence-corrected chi connectivity index (χ3v) is 18.9. The molecule has 4 aliphatic rings. The van der Waals surface area contributed by atoms with Crippen molar-refractivity contribution < 1.29 is 0 Å². The van der Waals surface area contributed by atoms with E-state index in [1.165, 1.54) is 177 Å². The molecule has 0 radical (unpaired) electrons. The summed E-state index contributed by atoms with van der Waals surface area (Å²) in [5, 5.41) is 7.69. The van der Waals surface area contributed by atoms with E-state index >= 15 is 0 Å². The lowest BCUT2D eigenvalue weighted by molar-refractivity contribution is 0.711. The number of para-hydroxylation sites is 2. The molecule has 0 saturated carbocycles. The Morgan fingerprint density at radius 3 is 1.40 bits per heavy atom. The first-order chi connectivity index (χ1) is 39.7. The zero-order valence-electron chi connectivity index (χ0n) is 43.2. The molecule has 0 fully saturated rings. The van der Waals surface area contributed by atoms with Crippen LogP contribution in [0.15, 0.2) is 255 Å². The van der Waals surface area contributed by atoms with E-state index in [0.717, 1.165) is 0 Å². The van der Waals surface area contributed by atoms with E-state index in [9.17, 15) is 0 Å². The highest BCUT2D eigenvalue weighted by molar-refractivity contribution is 6.90. The standard InChI is InChI=1S/C75H43BN4/c1-5-17-43(18-6-1)47-33-35-63-57(37-47)59-39-49(45-21-9-3-10-22-45)41-61-70(59)77(63)65-31-15-25-51-53-27-13-29-55-69(53)79(73(61)67(51)65)74-56-30-14-28-54-52-26-16-32-66-68(52)76(80(71(54)56)75(55)74)62-42-50(46-23-11-4-12-24-46)40-60-58-38-48(44-19-7-2-8-20-44)34-36-64(58)78(66)72(60)62/h1-42,73H. The van der Waals surface area contributed by atoms with E-state index in [0.29, 0.717) is 0 Å². The molecule has 20 rings (SSSR count). The first-order valence-electron chi connectivity index (χ1n) is 28.1. The second-order valence-corrected chi connectivity index (χ2v) is 22.6. The first-order valence-corrected chi connectivity index (χ1v) is 28.1. The van der Waals surface area contributed by atoms with Gasteiger partial charge < -0.3 is 18.2 Å². The van der Waals surface area contributed by atoms with Gasteiger partial charge in [0.15, 0.2) is 0 Å². The van der Waals surface area contributed by atoms with Crippen molar-refractivity contribution in [3.63, 3.8) is 0 Å². The molecule has 0 saturated heterocycles. The van der Waals surface area contributed by atoms with Crippen LogP contribution < -0.4 is 10.9 Å². The zero-order valence-corrected chi connectivity index (χ0v) is 43.2. The minimum atomic E-state index is -0.116. The Bertz CT molecular complexity index is 5120. The SMILES string of the molecule is c1ccc(-c2ccc3c(c2)c2cc(-c4ccccc4)cc4c2n3-c2cccc3c2B4n2c4c-3cccc4c3c2c2cccc4c2n3C2c3c-4cccc3-n3c4ccc(-c5ccccc5)cc4c4cc(-c5ccccc5)cc2c43)cc1. The average molecular weight is 1010 g/mol. The molecule has 4 aromatic heterocycles. The van der Waals surface area contributed by atoms with Gasteiger partial charge in [-0.2, -0.15) is 0 Å². The van der Waals surface area contributed by atoms with Crippen molar-refractivity contribution in [2.24, 2.45) is 0 Å². The van der Waals surface area contributed by atoms with Crippen molar-refractivity contribution in [2.75, 3.05) is 0 Å². The molecule has 0 spiro atoms. The summed E-state index contributed by atoms with van der Waals surface area (Å²) >= 11 is 0. The lowest BCUT2D eigenvalue weighted by Gasteiger charge is -2.36. The maximum atomic E-state index is 2.81. The van der Waals surface area contributed by atoms with Crippen LogP contribution >= 0.6 is 0 Å². The van der Waals surface area contributed by atoms with Gasteiger partial charge in [0.2, 0.25) is 0 Å². The topological polar surface area (TPSA) is 19.7 Å². The molecule has 16 aromatic rings. The van der Waals surface area contributed by atoms with Crippen LogP contribution in [-0.4, -0.2) is 25.0 Å². The van der Waals surface area contributed by atoms with E-state index in [1.807, 2.05) is 0 Å². The monoisotopic (exact) mass is 1010 g/mol. The van der Waals surface area contributed by atoms with Gasteiger partial charge in [0.1, 0.15) is 0 Å². The van der Waals surface area contributed by atoms with Gasteiger partial charge >= 0.3 is 6.85 Å². The van der Waals surface area contributed by atoms with Crippen LogP contribution in [0.4, 0.5) is 0 Å². The molecule has 8 heterocycles. The number of hydrogen-bond donors (Lipinski definition) is 0. The Morgan fingerprint density at radius 1 is 0.287 bits per heavy atom. The Labute approximate surface area is 460 Å². The summed E-state index contributed by atoms with van der Waals surface area (Å²) in [6, 6.07) is 96.4. The smallest absolute Gasteiger partial charge is 0.333 e. The summed E-state index contributed by atoms with van der Waals surface area (Å²) in [6.07, 6.45) is 0. The predicted octanol–water partition coefficient (Wildman–Crippen LogP) is 17.5. The fraction of sp³-hybridized carbons (Fsp3) is 0.0133. The van der Waals surface area contributed by atoms with Crippen molar-refractivity contribution in [2.45, 2.75) is 6.04 Å². The number of rotatable bonds is 4. The highest BCUT2D eigenvalue weighted by Crippen LogP contribution is 2.57. The molecule has 366 valence electrons. The molecule has 80 heavy (non-hydrogen) atoms. The third kappa shape index (κ3) is 5.06. The minimum Gasteiger partial charge on any atom is -0.374 e. The number of aromatic nitrogens is 4. The molecule has 4 aliphatic heterocycles. The van der Waals surface area contributed by atoms with Crippen molar-refractivity contribution in [3.05, 3.63) is 266 Å². The van der Waals surface area contributed by atoms with Crippen LogP contribution in [0.1, 0.15) is 17.2 Å². The van der Waals surface area contributed by atoms with Crippen LogP contribution in [0, 0.1) is 0 Å². The number of benzene rings is 12. The van der Waals surface area contributed by atoms with Crippen LogP contribution in [0.25, 0.3) is 155 Å². The largest absolute Gasteiger partial charge is 0.374 e. The predicted molar refractivity (Wildman–Crippen MR) is 334 cm³/mol. The summed E-state index contributed by atoms with van der Waals surface area (Å²) in [6.45, 7) is -0.116. The van der Waals surface area contributed by atoms with Gasteiger partial charge in [0.05, 0.1) is 50.3 Å². The molecule has 12 aromatic carbocycles. The lowest BCUT2D eigenvalue weighted by Crippen LogP contribution is -2.55. The van der Waals surface area contributed by atoms with Crippen molar-refractivity contribution in [1.82, 2.24) is 18.2 Å². The Hall–Kier alpha value is -10.4. The normalized spacial score (nSPS) is 14.1. The van der Waals surface area contributed by atoms with Crippen molar-refractivity contribution in [3.8, 4) is 78.1 Å². The van der Waals surface area contributed by atoms with E-state index in [-0.39, 0.29) is 12.9 Å².